The Morgan fingerprint density at radius 1 is 1.71 bits per heavy atom. The van der Waals surface area contributed by atoms with Crippen LogP contribution in [0.2, 0.25) is 0 Å². The predicted molar refractivity (Wildman–Crippen MR) is 50.3 cm³/mol. The van der Waals surface area contributed by atoms with Crippen molar-refractivity contribution in [1.29, 1.82) is 0 Å². The maximum atomic E-state index is 10.6. The van der Waals surface area contributed by atoms with Crippen molar-refractivity contribution in [2.75, 3.05) is 6.61 Å². The van der Waals surface area contributed by atoms with Crippen molar-refractivity contribution < 1.29 is 14.6 Å². The van der Waals surface area contributed by atoms with Crippen molar-refractivity contribution in [3.05, 3.63) is 23.5 Å². The van der Waals surface area contributed by atoms with E-state index in [1.54, 1.807) is 13.0 Å². The lowest BCUT2D eigenvalue weighted by molar-refractivity contribution is 0.0689. The molecule has 72 valence electrons. The van der Waals surface area contributed by atoms with Crippen LogP contribution in [0.15, 0.2) is 12.1 Å². The molecule has 0 aliphatic heterocycles. The molecule has 1 N–H and O–H groups in total. The van der Waals surface area contributed by atoms with Crippen molar-refractivity contribution >= 4 is 5.97 Å². The number of aromatic carboxylic acids is 1. The number of carboxylic acids is 1. The lowest BCUT2D eigenvalue weighted by atomic mass is 10.3. The maximum Gasteiger partial charge on any atom is 0.354 e. The van der Waals surface area contributed by atoms with Crippen LogP contribution in [0.4, 0.5) is 0 Å². The molecule has 0 radical (unpaired) electrons. The Bertz CT molecular complexity index is 393. The highest BCUT2D eigenvalue weighted by Crippen LogP contribution is 2.13. The maximum absolute atomic E-state index is 10.6. The van der Waals surface area contributed by atoms with E-state index in [2.05, 4.69) is 10.9 Å². The van der Waals surface area contributed by atoms with Gasteiger partial charge < -0.3 is 9.84 Å². The summed E-state index contributed by atoms with van der Waals surface area (Å²) in [4.78, 5) is 14.4. The minimum absolute atomic E-state index is 0.0444. The van der Waals surface area contributed by atoms with Gasteiger partial charge in [-0.1, -0.05) is 5.92 Å². The number of nitrogens with zero attached hydrogens (tertiary/aromatic N) is 1. The largest absolute Gasteiger partial charge is 0.481 e. The number of pyridine rings is 1. The molecule has 0 bridgehead atoms. The Hall–Kier alpha value is -2.02. The third kappa shape index (κ3) is 2.49. The average molecular weight is 191 g/mol. The number of rotatable bonds is 3. The molecule has 0 aliphatic carbocycles. The molecule has 0 aromatic carbocycles. The monoisotopic (exact) mass is 191 g/mol. The second kappa shape index (κ2) is 4.28. The molecule has 0 spiro atoms. The van der Waals surface area contributed by atoms with Gasteiger partial charge >= 0.3 is 5.97 Å². The summed E-state index contributed by atoms with van der Waals surface area (Å²) in [7, 11) is 0. The van der Waals surface area contributed by atoms with Crippen LogP contribution in [-0.2, 0) is 0 Å². The van der Waals surface area contributed by atoms with E-state index in [9.17, 15) is 4.79 Å². The highest BCUT2D eigenvalue weighted by molar-refractivity contribution is 5.85. The van der Waals surface area contributed by atoms with Gasteiger partial charge in [0.25, 0.3) is 0 Å². The summed E-state index contributed by atoms with van der Waals surface area (Å²) in [6, 6.07) is 2.97. The van der Waals surface area contributed by atoms with Crippen LogP contribution in [0.1, 0.15) is 16.2 Å². The molecule has 0 amide bonds. The van der Waals surface area contributed by atoms with Crippen LogP contribution >= 0.6 is 0 Å². The van der Waals surface area contributed by atoms with Gasteiger partial charge in [-0.2, -0.15) is 0 Å². The third-order valence-corrected chi connectivity index (χ3v) is 1.47. The topological polar surface area (TPSA) is 59.4 Å². The Labute approximate surface area is 81.5 Å². The van der Waals surface area contributed by atoms with Gasteiger partial charge in [0.05, 0.1) is 0 Å². The summed E-state index contributed by atoms with van der Waals surface area (Å²) in [6.45, 7) is 1.80. The molecule has 4 nitrogen and oxygen atoms in total. The lowest BCUT2D eigenvalue weighted by Crippen LogP contribution is -2.03. The normalized spacial score (nSPS) is 9.14. The van der Waals surface area contributed by atoms with Gasteiger partial charge in [-0.05, 0) is 6.92 Å². The quantitative estimate of drug-likeness (QED) is 0.727. The van der Waals surface area contributed by atoms with Gasteiger partial charge in [0.15, 0.2) is 5.69 Å². The zero-order valence-corrected chi connectivity index (χ0v) is 7.65. The van der Waals surface area contributed by atoms with Crippen molar-refractivity contribution in [2.24, 2.45) is 0 Å². The molecule has 0 fully saturated rings. The number of aryl methyl sites for hydroxylation is 1. The number of aromatic nitrogens is 1. The number of carboxylic acid groups (broad SMARTS) is 1. The third-order valence-electron chi connectivity index (χ3n) is 1.47. The Morgan fingerprint density at radius 2 is 2.43 bits per heavy atom. The predicted octanol–water partition coefficient (Wildman–Crippen LogP) is 1.10. The smallest absolute Gasteiger partial charge is 0.354 e. The minimum atomic E-state index is -1.08. The first-order chi connectivity index (χ1) is 6.63. The number of hydrogen-bond acceptors (Lipinski definition) is 3. The number of terminal acetylenes is 1. The van der Waals surface area contributed by atoms with Gasteiger partial charge in [0.2, 0.25) is 0 Å². The molecular formula is C10H9NO3. The molecular weight excluding hydrogens is 182 g/mol. The molecule has 14 heavy (non-hydrogen) atoms. The molecule has 0 saturated heterocycles. The van der Waals surface area contributed by atoms with Gasteiger partial charge in [-0.15, -0.1) is 6.42 Å². The first-order valence-corrected chi connectivity index (χ1v) is 3.91. The summed E-state index contributed by atoms with van der Waals surface area (Å²) >= 11 is 0. The van der Waals surface area contributed by atoms with Gasteiger partial charge in [-0.25, -0.2) is 9.78 Å². The van der Waals surface area contributed by atoms with Crippen molar-refractivity contribution in [1.82, 2.24) is 4.98 Å². The van der Waals surface area contributed by atoms with Crippen LogP contribution in [0.25, 0.3) is 0 Å². The SMILES string of the molecule is C#CCOc1cc(C)nc(C(=O)O)c1. The molecule has 1 heterocycles. The highest BCUT2D eigenvalue weighted by Gasteiger charge is 2.07. The molecule has 0 aliphatic rings. The van der Waals surface area contributed by atoms with E-state index in [4.69, 9.17) is 16.3 Å². The zero-order chi connectivity index (χ0) is 10.6. The Morgan fingerprint density at radius 3 is 3.00 bits per heavy atom. The molecule has 1 aromatic rings. The molecule has 1 aromatic heterocycles. The fourth-order valence-electron chi connectivity index (χ4n) is 0.955. The van der Waals surface area contributed by atoms with Crippen LogP contribution in [-0.4, -0.2) is 22.7 Å². The highest BCUT2D eigenvalue weighted by atomic mass is 16.5. The van der Waals surface area contributed by atoms with Gasteiger partial charge in [-0.3, -0.25) is 0 Å². The first kappa shape index (κ1) is 10.1. The van der Waals surface area contributed by atoms with Gasteiger partial charge in [0, 0.05) is 17.8 Å². The van der Waals surface area contributed by atoms with Crippen molar-refractivity contribution in [3.8, 4) is 18.1 Å². The van der Waals surface area contributed by atoms with E-state index in [0.29, 0.717) is 11.4 Å². The lowest BCUT2D eigenvalue weighted by Gasteiger charge is -2.04. The van der Waals surface area contributed by atoms with Gasteiger partial charge in [0.1, 0.15) is 12.4 Å². The Balaban J connectivity index is 2.96. The average Bonchev–Trinajstić information content (AvgIpc) is 2.14. The van der Waals surface area contributed by atoms with Crippen LogP contribution < -0.4 is 4.74 Å². The van der Waals surface area contributed by atoms with Crippen LogP contribution in [0.5, 0.6) is 5.75 Å². The standard InChI is InChI=1S/C10H9NO3/c1-3-4-14-8-5-7(2)11-9(6-8)10(12)13/h1,5-6H,4H2,2H3,(H,12,13). The second-order valence-electron chi connectivity index (χ2n) is 2.63. The fourth-order valence-corrected chi connectivity index (χ4v) is 0.955. The molecule has 0 unspecified atom stereocenters. The van der Waals surface area contributed by atoms with Crippen LogP contribution in [0, 0.1) is 19.3 Å². The fraction of sp³-hybridized carbons (Fsp3) is 0.200. The van der Waals surface area contributed by atoms with E-state index in [0.717, 1.165) is 0 Å². The van der Waals surface area contributed by atoms with Crippen LogP contribution in [0.3, 0.4) is 0 Å². The van der Waals surface area contributed by atoms with E-state index in [1.165, 1.54) is 6.07 Å². The van der Waals surface area contributed by atoms with Crippen molar-refractivity contribution in [3.63, 3.8) is 0 Å². The molecule has 4 heteroatoms. The number of hydrogen-bond donors (Lipinski definition) is 1. The first-order valence-electron chi connectivity index (χ1n) is 3.91. The number of ether oxygens (including phenoxy) is 1. The van der Waals surface area contributed by atoms with E-state index >= 15 is 0 Å². The summed E-state index contributed by atoms with van der Waals surface area (Å²) in [6.07, 6.45) is 5.01. The molecule has 0 saturated carbocycles. The molecule has 0 atom stereocenters. The molecule has 1 rings (SSSR count). The zero-order valence-electron chi connectivity index (χ0n) is 7.65. The van der Waals surface area contributed by atoms with E-state index in [1.807, 2.05) is 0 Å². The summed E-state index contributed by atoms with van der Waals surface area (Å²) in [5, 5.41) is 8.70. The summed E-state index contributed by atoms with van der Waals surface area (Å²) < 4.78 is 5.09. The van der Waals surface area contributed by atoms with E-state index in [-0.39, 0.29) is 12.3 Å². The summed E-state index contributed by atoms with van der Waals surface area (Å²) in [5.74, 6) is 1.63. The second-order valence-corrected chi connectivity index (χ2v) is 2.63. The summed E-state index contributed by atoms with van der Waals surface area (Å²) in [5.41, 5.74) is 0.536. The Kier molecular flexibility index (Phi) is 3.08. The van der Waals surface area contributed by atoms with E-state index < -0.39 is 5.97 Å². The number of carbonyl (C=O) groups is 1. The minimum Gasteiger partial charge on any atom is -0.481 e. The van der Waals surface area contributed by atoms with Crippen molar-refractivity contribution in [2.45, 2.75) is 6.92 Å².